The molecule has 3 unspecified atom stereocenters. The van der Waals surface area contributed by atoms with Crippen LogP contribution in [0.2, 0.25) is 0 Å². The van der Waals surface area contributed by atoms with Crippen molar-refractivity contribution >= 4 is 0 Å². The Balaban J connectivity index is 1.67. The maximum atomic E-state index is 9.95. The Morgan fingerprint density at radius 1 is 1.14 bits per heavy atom. The van der Waals surface area contributed by atoms with E-state index in [9.17, 15) is 5.11 Å². The fraction of sp³-hybridized carbons (Fsp3) is 0.810. The molecule has 0 spiro atoms. The first-order valence-corrected chi connectivity index (χ1v) is 9.57. The summed E-state index contributed by atoms with van der Waals surface area (Å²) in [7, 11) is 0. The van der Waals surface area contributed by atoms with Crippen LogP contribution in [0.15, 0.2) is 23.8 Å². The van der Waals surface area contributed by atoms with E-state index in [2.05, 4.69) is 32.9 Å². The van der Waals surface area contributed by atoms with Gasteiger partial charge in [0.15, 0.2) is 0 Å². The lowest BCUT2D eigenvalue weighted by molar-refractivity contribution is -0.0349. The molecule has 0 amide bonds. The Hall–Kier alpha value is -0.560. The minimum absolute atomic E-state index is 0.230. The molecule has 122 valence electrons. The second kappa shape index (κ2) is 4.97. The summed E-state index contributed by atoms with van der Waals surface area (Å²) < 4.78 is 0. The summed E-state index contributed by atoms with van der Waals surface area (Å²) in [5.41, 5.74) is 2.37. The minimum Gasteiger partial charge on any atom is -0.385 e. The zero-order chi connectivity index (χ0) is 15.5. The number of aliphatic hydroxyl groups excluding tert-OH is 1. The van der Waals surface area contributed by atoms with Crippen molar-refractivity contribution in [3.63, 3.8) is 0 Å². The van der Waals surface area contributed by atoms with Crippen LogP contribution < -0.4 is 0 Å². The van der Waals surface area contributed by atoms with Crippen LogP contribution in [0.3, 0.4) is 0 Å². The van der Waals surface area contributed by atoms with Crippen molar-refractivity contribution in [2.24, 2.45) is 34.5 Å². The summed E-state index contributed by atoms with van der Waals surface area (Å²) >= 11 is 0. The number of fused-ring (bicyclic) bond motifs is 5. The molecule has 0 saturated heterocycles. The van der Waals surface area contributed by atoms with E-state index in [0.29, 0.717) is 5.41 Å². The first-order valence-electron chi connectivity index (χ1n) is 9.57. The Kier molecular flexibility index (Phi) is 3.39. The maximum absolute atomic E-state index is 9.95. The predicted molar refractivity (Wildman–Crippen MR) is 91.4 cm³/mol. The summed E-state index contributed by atoms with van der Waals surface area (Å²) in [4.78, 5) is 0. The van der Waals surface area contributed by atoms with Gasteiger partial charge in [0.05, 0.1) is 6.10 Å². The van der Waals surface area contributed by atoms with E-state index in [1.165, 1.54) is 50.5 Å². The summed E-state index contributed by atoms with van der Waals surface area (Å²) in [6.07, 6.45) is 15.9. The number of hydrogen-bond donors (Lipinski definition) is 1. The van der Waals surface area contributed by atoms with Crippen molar-refractivity contribution in [1.82, 2.24) is 0 Å². The van der Waals surface area contributed by atoms with Crippen LogP contribution in [0, 0.1) is 34.5 Å². The van der Waals surface area contributed by atoms with Crippen LogP contribution in [0.4, 0.5) is 0 Å². The highest BCUT2D eigenvalue weighted by atomic mass is 16.3. The molecule has 4 aliphatic rings. The Labute approximate surface area is 135 Å². The fourth-order valence-electron chi connectivity index (χ4n) is 7.10. The molecule has 3 fully saturated rings. The second-order valence-corrected chi connectivity index (χ2v) is 8.97. The predicted octanol–water partition coefficient (Wildman–Crippen LogP) is 5.11. The highest BCUT2D eigenvalue weighted by molar-refractivity contribution is 5.33. The molecular formula is C21H32O. The van der Waals surface area contributed by atoms with Crippen LogP contribution in [0.25, 0.3) is 0 Å². The Morgan fingerprint density at radius 2 is 1.95 bits per heavy atom. The van der Waals surface area contributed by atoms with E-state index in [1.54, 1.807) is 0 Å². The monoisotopic (exact) mass is 300 g/mol. The van der Waals surface area contributed by atoms with Gasteiger partial charge in [-0.3, -0.25) is 0 Å². The molecule has 0 aromatic rings. The highest BCUT2D eigenvalue weighted by Gasteiger charge is 2.57. The van der Waals surface area contributed by atoms with Gasteiger partial charge in [-0.2, -0.15) is 0 Å². The summed E-state index contributed by atoms with van der Waals surface area (Å²) in [6, 6.07) is 0. The maximum Gasteiger partial charge on any atom is 0.0905 e. The van der Waals surface area contributed by atoms with Gasteiger partial charge in [0.1, 0.15) is 0 Å². The summed E-state index contributed by atoms with van der Waals surface area (Å²) in [6.45, 7) is 7.47. The first kappa shape index (κ1) is 15.0. The molecule has 1 N–H and O–H groups in total. The third kappa shape index (κ3) is 1.87. The van der Waals surface area contributed by atoms with Gasteiger partial charge in [0, 0.05) is 5.41 Å². The number of rotatable bonds is 1. The fourth-order valence-corrected chi connectivity index (χ4v) is 7.10. The van der Waals surface area contributed by atoms with Gasteiger partial charge >= 0.3 is 0 Å². The van der Waals surface area contributed by atoms with Crippen LogP contribution in [-0.2, 0) is 0 Å². The second-order valence-electron chi connectivity index (χ2n) is 8.97. The third-order valence-corrected chi connectivity index (χ3v) is 8.35. The van der Waals surface area contributed by atoms with Crippen LogP contribution in [0.5, 0.6) is 0 Å². The molecular weight excluding hydrogens is 268 g/mol. The molecule has 0 aliphatic heterocycles. The number of aliphatic hydroxyl groups is 1. The molecule has 1 heteroatoms. The quantitative estimate of drug-likeness (QED) is 0.667. The van der Waals surface area contributed by atoms with Crippen molar-refractivity contribution in [2.45, 2.75) is 71.8 Å². The molecule has 0 radical (unpaired) electrons. The molecule has 3 saturated carbocycles. The van der Waals surface area contributed by atoms with Gasteiger partial charge < -0.3 is 5.11 Å². The van der Waals surface area contributed by atoms with E-state index in [1.807, 2.05) is 6.08 Å². The molecule has 22 heavy (non-hydrogen) atoms. The first-order chi connectivity index (χ1) is 10.5. The average Bonchev–Trinajstić information content (AvgIpc) is 2.84. The number of allylic oxidation sites excluding steroid dienone is 2. The lowest BCUT2D eigenvalue weighted by atomic mass is 9.47. The topological polar surface area (TPSA) is 20.2 Å². The smallest absolute Gasteiger partial charge is 0.0905 e. The van der Waals surface area contributed by atoms with Crippen molar-refractivity contribution < 1.29 is 5.11 Å². The van der Waals surface area contributed by atoms with Crippen LogP contribution >= 0.6 is 0 Å². The lowest BCUT2D eigenvalue weighted by Crippen LogP contribution is -2.49. The molecule has 4 rings (SSSR count). The minimum atomic E-state index is -0.343. The average molecular weight is 300 g/mol. The van der Waals surface area contributed by atoms with E-state index in [0.717, 1.165) is 23.7 Å². The largest absolute Gasteiger partial charge is 0.385 e. The summed E-state index contributed by atoms with van der Waals surface area (Å²) in [5.74, 6) is 3.64. The molecule has 4 aliphatic carbocycles. The van der Waals surface area contributed by atoms with Crippen LogP contribution in [-0.4, -0.2) is 11.2 Å². The van der Waals surface area contributed by atoms with E-state index >= 15 is 0 Å². The molecule has 0 bridgehead atoms. The van der Waals surface area contributed by atoms with E-state index in [-0.39, 0.29) is 11.5 Å². The Morgan fingerprint density at radius 3 is 2.73 bits per heavy atom. The van der Waals surface area contributed by atoms with Crippen molar-refractivity contribution in [3.8, 4) is 0 Å². The van der Waals surface area contributed by atoms with Crippen molar-refractivity contribution in [1.29, 1.82) is 0 Å². The molecule has 0 heterocycles. The van der Waals surface area contributed by atoms with E-state index < -0.39 is 0 Å². The van der Waals surface area contributed by atoms with Crippen molar-refractivity contribution in [3.05, 3.63) is 23.8 Å². The van der Waals surface area contributed by atoms with Gasteiger partial charge in [0.25, 0.3) is 0 Å². The normalized spacial score (nSPS) is 53.5. The van der Waals surface area contributed by atoms with Gasteiger partial charge in [-0.05, 0) is 67.6 Å². The van der Waals surface area contributed by atoms with Gasteiger partial charge in [0.2, 0.25) is 0 Å². The summed E-state index contributed by atoms with van der Waals surface area (Å²) in [5, 5.41) is 9.95. The van der Waals surface area contributed by atoms with Crippen molar-refractivity contribution in [2.75, 3.05) is 0 Å². The zero-order valence-electron chi connectivity index (χ0n) is 14.5. The zero-order valence-corrected chi connectivity index (χ0v) is 14.5. The third-order valence-electron chi connectivity index (χ3n) is 8.35. The molecule has 0 aromatic heterocycles. The molecule has 1 nitrogen and oxygen atoms in total. The van der Waals surface area contributed by atoms with E-state index in [4.69, 9.17) is 0 Å². The van der Waals surface area contributed by atoms with Gasteiger partial charge in [-0.15, -0.1) is 0 Å². The van der Waals surface area contributed by atoms with Crippen LogP contribution in [0.1, 0.15) is 65.7 Å². The lowest BCUT2D eigenvalue weighted by Gasteiger charge is -2.57. The number of hydrogen-bond acceptors (Lipinski definition) is 1. The molecule has 7 atom stereocenters. The highest BCUT2D eigenvalue weighted by Crippen LogP contribution is 2.66. The Bertz CT molecular complexity index is 518. The van der Waals surface area contributed by atoms with Gasteiger partial charge in [-0.25, -0.2) is 0 Å². The molecule has 0 aromatic carbocycles. The standard InChI is InChI=1S/C21H32O/c1-4-14-6-8-18-17-7-5-15-13-16(22)9-11-21(15,3)19(17)10-12-20(14,18)2/h9,11,13-14,16-19,22H,4-8,10,12H2,1-3H3/t14-,16-,17?,18?,19?,20+,21-/m0/s1. The van der Waals surface area contributed by atoms with Gasteiger partial charge in [-0.1, -0.05) is 51.0 Å². The SMILES string of the molecule is CC[C@H]1CCC2C3CCC4=C[C@@H](O)C=C[C@]4(C)C3CC[C@@]21C.